The summed E-state index contributed by atoms with van der Waals surface area (Å²) in [5.41, 5.74) is 4.75. The lowest BCUT2D eigenvalue weighted by Gasteiger charge is -2.29. The molecule has 6 nitrogen and oxygen atoms in total. The van der Waals surface area contributed by atoms with Gasteiger partial charge in [0.05, 0.1) is 12.3 Å². The van der Waals surface area contributed by atoms with E-state index in [1.165, 1.54) is 10.5 Å². The molecule has 2 aliphatic heterocycles. The molecular weight excluding hydrogens is 494 g/mol. The first kappa shape index (κ1) is 24.0. The van der Waals surface area contributed by atoms with Gasteiger partial charge in [-0.1, -0.05) is 35.9 Å². The summed E-state index contributed by atoms with van der Waals surface area (Å²) in [6, 6.07) is 20.9. The number of anilines is 2. The number of hydrogen-bond acceptors (Lipinski definition) is 5. The van der Waals surface area contributed by atoms with E-state index >= 15 is 0 Å². The monoisotopic (exact) mass is 517 g/mol. The van der Waals surface area contributed by atoms with E-state index in [0.717, 1.165) is 41.3 Å². The number of fused-ring (bicyclic) bond motifs is 1. The number of amides is 2. The maximum absolute atomic E-state index is 13.3. The van der Waals surface area contributed by atoms with Crippen LogP contribution in [0.2, 0.25) is 5.02 Å². The molecule has 0 aromatic heterocycles. The number of nitrogens with zero attached hydrogens (tertiary/aromatic N) is 2. The Balaban J connectivity index is 1.39. The van der Waals surface area contributed by atoms with Crippen LogP contribution < -0.4 is 19.9 Å². The smallest absolute Gasteiger partial charge is 0.270 e. The number of halogens is 1. The number of nitrogens with one attached hydrogen (secondary N) is 1. The van der Waals surface area contributed by atoms with E-state index in [0.29, 0.717) is 18.0 Å². The highest BCUT2D eigenvalue weighted by Crippen LogP contribution is 2.32. The molecule has 2 amide bonds. The van der Waals surface area contributed by atoms with Crippen LogP contribution in [0.25, 0.3) is 6.08 Å². The predicted molar refractivity (Wildman–Crippen MR) is 146 cm³/mol. The fraction of sp³-hybridized carbons (Fsp3) is 0.179. The number of thiocarbonyl (C=S) groups is 1. The van der Waals surface area contributed by atoms with Gasteiger partial charge in [-0.15, -0.1) is 0 Å². The summed E-state index contributed by atoms with van der Waals surface area (Å²) < 4.78 is 5.47. The maximum atomic E-state index is 13.3. The average molecular weight is 518 g/mol. The van der Waals surface area contributed by atoms with E-state index in [-0.39, 0.29) is 10.7 Å². The Morgan fingerprint density at radius 3 is 2.61 bits per heavy atom. The normalized spacial score (nSPS) is 16.4. The average Bonchev–Trinajstić information content (AvgIpc) is 3.26. The maximum Gasteiger partial charge on any atom is 0.270 e. The van der Waals surface area contributed by atoms with Gasteiger partial charge in [0, 0.05) is 23.8 Å². The zero-order valence-electron chi connectivity index (χ0n) is 19.7. The number of hydrogen-bond donors (Lipinski definition) is 1. The summed E-state index contributed by atoms with van der Waals surface area (Å²) in [7, 11) is 0. The van der Waals surface area contributed by atoms with Crippen LogP contribution in [0.5, 0.6) is 5.75 Å². The molecule has 36 heavy (non-hydrogen) atoms. The standard InChI is InChI=1S/C28H24ClN3O3S/c1-2-35-22-10-8-21(9-11-22)32-27(34)23(26(33)30-28(32)36)16-18-7-12-25-19(15-18)13-14-31(25)17-20-5-3-4-6-24(20)29/h3-12,15-16H,2,13-14,17H2,1H3,(H,30,33,36)/b23-16+. The molecule has 182 valence electrons. The Kier molecular flexibility index (Phi) is 6.76. The molecule has 1 N–H and O–H groups in total. The van der Waals surface area contributed by atoms with Crippen molar-refractivity contribution < 1.29 is 14.3 Å². The summed E-state index contributed by atoms with van der Waals surface area (Å²) in [6.07, 6.45) is 2.50. The molecule has 3 aromatic rings. The van der Waals surface area contributed by atoms with Crippen LogP contribution in [0, 0.1) is 0 Å². The molecule has 1 fully saturated rings. The van der Waals surface area contributed by atoms with Gasteiger partial charge >= 0.3 is 0 Å². The van der Waals surface area contributed by atoms with Crippen LogP contribution in [0.1, 0.15) is 23.6 Å². The molecule has 3 aromatic carbocycles. The lowest BCUT2D eigenvalue weighted by molar-refractivity contribution is -0.122. The second-order valence-electron chi connectivity index (χ2n) is 8.54. The highest BCUT2D eigenvalue weighted by Gasteiger charge is 2.34. The first-order valence-electron chi connectivity index (χ1n) is 11.7. The van der Waals surface area contributed by atoms with Gasteiger partial charge in [-0.3, -0.25) is 19.8 Å². The van der Waals surface area contributed by atoms with Crippen LogP contribution in [0.15, 0.2) is 72.3 Å². The zero-order valence-corrected chi connectivity index (χ0v) is 21.2. The van der Waals surface area contributed by atoms with Gasteiger partial charge in [0.2, 0.25) is 0 Å². The fourth-order valence-electron chi connectivity index (χ4n) is 4.49. The third-order valence-corrected chi connectivity index (χ3v) is 6.89. The Bertz CT molecular complexity index is 1390. The number of rotatable bonds is 6. The molecule has 8 heteroatoms. The van der Waals surface area contributed by atoms with E-state index in [1.807, 2.05) is 49.4 Å². The second kappa shape index (κ2) is 10.1. The molecule has 0 unspecified atom stereocenters. The minimum Gasteiger partial charge on any atom is -0.494 e. The SMILES string of the molecule is CCOc1ccc(N2C(=O)/C(=C/c3ccc4c(c3)CCN4Cc3ccccc3Cl)C(=O)NC2=S)cc1. The quantitative estimate of drug-likeness (QED) is 0.279. The van der Waals surface area contributed by atoms with E-state index in [4.69, 9.17) is 28.6 Å². The molecule has 0 saturated carbocycles. The van der Waals surface area contributed by atoms with Crippen molar-refractivity contribution in [3.05, 3.63) is 94.0 Å². The van der Waals surface area contributed by atoms with Gasteiger partial charge in [0.15, 0.2) is 5.11 Å². The number of carbonyl (C=O) groups is 2. The second-order valence-corrected chi connectivity index (χ2v) is 9.33. The van der Waals surface area contributed by atoms with Crippen molar-refractivity contribution in [2.45, 2.75) is 19.9 Å². The first-order chi connectivity index (χ1) is 17.4. The van der Waals surface area contributed by atoms with Gasteiger partial charge in [-0.05, 0) is 90.8 Å². The molecule has 0 bridgehead atoms. The molecule has 0 radical (unpaired) electrons. The van der Waals surface area contributed by atoms with Crippen molar-refractivity contribution in [1.82, 2.24) is 5.32 Å². The topological polar surface area (TPSA) is 61.9 Å². The Morgan fingerprint density at radius 1 is 1.08 bits per heavy atom. The molecular formula is C28H24ClN3O3S. The highest BCUT2D eigenvalue weighted by molar-refractivity contribution is 7.80. The van der Waals surface area contributed by atoms with Crippen molar-refractivity contribution in [2.75, 3.05) is 23.0 Å². The summed E-state index contributed by atoms with van der Waals surface area (Å²) in [5, 5.41) is 3.44. The van der Waals surface area contributed by atoms with Crippen molar-refractivity contribution in [3.8, 4) is 5.75 Å². The Labute approximate surface area is 220 Å². The lowest BCUT2D eigenvalue weighted by atomic mass is 10.0. The minimum absolute atomic E-state index is 0.0309. The van der Waals surface area contributed by atoms with Crippen LogP contribution in [-0.4, -0.2) is 30.1 Å². The van der Waals surface area contributed by atoms with E-state index in [1.54, 1.807) is 30.3 Å². The van der Waals surface area contributed by atoms with Gasteiger partial charge < -0.3 is 9.64 Å². The van der Waals surface area contributed by atoms with E-state index < -0.39 is 11.8 Å². The van der Waals surface area contributed by atoms with Crippen LogP contribution in [0.4, 0.5) is 11.4 Å². The van der Waals surface area contributed by atoms with Crippen LogP contribution >= 0.6 is 23.8 Å². The first-order valence-corrected chi connectivity index (χ1v) is 12.5. The largest absolute Gasteiger partial charge is 0.494 e. The Hall–Kier alpha value is -3.68. The van der Waals surface area contributed by atoms with Gasteiger partial charge in [-0.2, -0.15) is 0 Å². The number of carbonyl (C=O) groups excluding carboxylic acids is 2. The van der Waals surface area contributed by atoms with Crippen molar-refractivity contribution in [3.63, 3.8) is 0 Å². The van der Waals surface area contributed by atoms with Crippen LogP contribution in [-0.2, 0) is 22.6 Å². The summed E-state index contributed by atoms with van der Waals surface area (Å²) in [5.74, 6) is -0.278. The highest BCUT2D eigenvalue weighted by atomic mass is 35.5. The fourth-order valence-corrected chi connectivity index (χ4v) is 4.97. The third-order valence-electron chi connectivity index (χ3n) is 6.23. The molecule has 2 aliphatic rings. The molecule has 0 aliphatic carbocycles. The zero-order chi connectivity index (χ0) is 25.2. The van der Waals surface area contributed by atoms with E-state index in [2.05, 4.69) is 10.2 Å². The van der Waals surface area contributed by atoms with Crippen molar-refractivity contribution >= 4 is 58.2 Å². The molecule has 0 spiro atoms. The van der Waals surface area contributed by atoms with E-state index in [9.17, 15) is 9.59 Å². The van der Waals surface area contributed by atoms with Crippen molar-refractivity contribution in [2.24, 2.45) is 0 Å². The molecule has 5 rings (SSSR count). The molecule has 2 heterocycles. The van der Waals surface area contributed by atoms with Crippen LogP contribution in [0.3, 0.4) is 0 Å². The van der Waals surface area contributed by atoms with Gasteiger partial charge in [0.25, 0.3) is 11.8 Å². The summed E-state index contributed by atoms with van der Waals surface area (Å²) >= 11 is 11.7. The number of benzene rings is 3. The molecule has 1 saturated heterocycles. The molecule has 0 atom stereocenters. The lowest BCUT2D eigenvalue weighted by Crippen LogP contribution is -2.54. The van der Waals surface area contributed by atoms with Gasteiger partial charge in [0.1, 0.15) is 11.3 Å². The summed E-state index contributed by atoms with van der Waals surface area (Å²) in [6.45, 7) is 4.04. The third kappa shape index (κ3) is 4.72. The predicted octanol–water partition coefficient (Wildman–Crippen LogP) is 5.13. The van der Waals surface area contributed by atoms with Crippen molar-refractivity contribution in [1.29, 1.82) is 0 Å². The number of ether oxygens (including phenoxy) is 1. The minimum atomic E-state index is -0.506. The Morgan fingerprint density at radius 2 is 1.86 bits per heavy atom. The summed E-state index contributed by atoms with van der Waals surface area (Å²) in [4.78, 5) is 29.7. The van der Waals surface area contributed by atoms with Gasteiger partial charge in [-0.25, -0.2) is 0 Å².